The van der Waals surface area contributed by atoms with Crippen molar-refractivity contribution in [2.45, 2.75) is 6.92 Å². The van der Waals surface area contributed by atoms with Crippen molar-refractivity contribution in [3.8, 4) is 0 Å². The van der Waals surface area contributed by atoms with Crippen molar-refractivity contribution in [2.24, 2.45) is 0 Å². The van der Waals surface area contributed by atoms with Gasteiger partial charge >= 0.3 is 5.97 Å². The molecule has 0 aliphatic carbocycles. The molecule has 0 bridgehead atoms. The zero-order valence-corrected chi connectivity index (χ0v) is 7.33. The molecular weight excluding hydrogens is 151 g/mol. The molecule has 0 radical (unpaired) electrons. The number of rotatable bonds is 2. The van der Waals surface area contributed by atoms with E-state index in [1.54, 1.807) is 19.1 Å². The number of hydrogen-bond acceptors (Lipinski definition) is 2. The van der Waals surface area contributed by atoms with Crippen LogP contribution in [0.4, 0.5) is 0 Å². The van der Waals surface area contributed by atoms with Crippen molar-refractivity contribution in [3.05, 3.63) is 29.8 Å². The Kier molecular flexibility index (Phi) is 2.91. The van der Waals surface area contributed by atoms with Crippen LogP contribution in [0.5, 0.6) is 0 Å². The normalized spacial score (nSPS) is 9.42. The molecule has 0 aliphatic heterocycles. The third-order valence-corrected chi connectivity index (χ3v) is 1.56. The first kappa shape index (κ1) is 8.85. The van der Waals surface area contributed by atoms with Crippen LogP contribution in [0.1, 0.15) is 17.3 Å². The van der Waals surface area contributed by atoms with Gasteiger partial charge in [-0.1, -0.05) is 17.6 Å². The van der Waals surface area contributed by atoms with Gasteiger partial charge in [0.05, 0.1) is 12.2 Å². The van der Waals surface area contributed by atoms with E-state index in [1.807, 2.05) is 20.0 Å². The van der Waals surface area contributed by atoms with E-state index < -0.39 is 0 Å². The van der Waals surface area contributed by atoms with Crippen LogP contribution in [-0.2, 0) is 4.74 Å². The highest BCUT2D eigenvalue weighted by Crippen LogP contribution is 1.98. The fourth-order valence-electron chi connectivity index (χ4n) is 0.904. The smallest absolute Gasteiger partial charge is 0.338 e. The molecule has 0 unspecified atom stereocenters. The number of carbonyl (C=O) groups is 1. The van der Waals surface area contributed by atoms with Gasteiger partial charge in [-0.2, -0.15) is 0 Å². The number of carbonyl (C=O) groups excluding carboxylic acids is 1. The Bertz CT molecular complexity index is 266. The highest BCUT2D eigenvalue weighted by atomic mass is 16.5. The minimum Gasteiger partial charge on any atom is -0.462 e. The highest BCUT2D eigenvalue weighted by Gasteiger charge is 2.03. The predicted octanol–water partition coefficient (Wildman–Crippen LogP) is 0.122. The topological polar surface area (TPSA) is 26.3 Å². The van der Waals surface area contributed by atoms with Gasteiger partial charge < -0.3 is 4.74 Å². The Morgan fingerprint density at radius 1 is 1.42 bits per heavy atom. The maximum Gasteiger partial charge on any atom is 0.338 e. The SMILES string of the molecule is Bc1ccc(C(=O)OCC)cc1. The van der Waals surface area contributed by atoms with E-state index >= 15 is 0 Å². The molecule has 0 aliphatic rings. The average Bonchev–Trinajstić information content (AvgIpc) is 2.06. The lowest BCUT2D eigenvalue weighted by molar-refractivity contribution is 0.0526. The zero-order valence-electron chi connectivity index (χ0n) is 7.33. The van der Waals surface area contributed by atoms with Crippen molar-refractivity contribution < 1.29 is 9.53 Å². The summed E-state index contributed by atoms with van der Waals surface area (Å²) in [6.07, 6.45) is 0. The highest BCUT2D eigenvalue weighted by molar-refractivity contribution is 6.32. The lowest BCUT2D eigenvalue weighted by atomic mass is 9.95. The average molecular weight is 162 g/mol. The predicted molar refractivity (Wildman–Crippen MR) is 50.6 cm³/mol. The Morgan fingerprint density at radius 3 is 2.50 bits per heavy atom. The molecule has 0 heterocycles. The van der Waals surface area contributed by atoms with Gasteiger partial charge in [0.25, 0.3) is 0 Å². The number of hydrogen-bond donors (Lipinski definition) is 0. The van der Waals surface area contributed by atoms with E-state index in [0.29, 0.717) is 12.2 Å². The second kappa shape index (κ2) is 3.95. The van der Waals surface area contributed by atoms with Gasteiger partial charge in [0, 0.05) is 0 Å². The van der Waals surface area contributed by atoms with Crippen LogP contribution in [0.3, 0.4) is 0 Å². The van der Waals surface area contributed by atoms with Crippen LogP contribution in [0.25, 0.3) is 0 Å². The third kappa shape index (κ3) is 2.12. The van der Waals surface area contributed by atoms with E-state index in [9.17, 15) is 4.79 Å². The third-order valence-electron chi connectivity index (χ3n) is 1.56. The quantitative estimate of drug-likeness (QED) is 0.456. The molecule has 0 spiro atoms. The lowest BCUT2D eigenvalue weighted by Crippen LogP contribution is -2.07. The standard InChI is InChI=1S/C9H11BO2/c1-2-12-9(11)7-3-5-8(10)6-4-7/h3-6H,2,10H2,1H3. The van der Waals surface area contributed by atoms with Crippen molar-refractivity contribution in [2.75, 3.05) is 6.61 Å². The first-order valence-electron chi connectivity index (χ1n) is 3.98. The van der Waals surface area contributed by atoms with Gasteiger partial charge in [0.15, 0.2) is 0 Å². The summed E-state index contributed by atoms with van der Waals surface area (Å²) in [7, 11) is 1.98. The summed E-state index contributed by atoms with van der Waals surface area (Å²) in [4.78, 5) is 11.1. The van der Waals surface area contributed by atoms with Crippen molar-refractivity contribution in [1.82, 2.24) is 0 Å². The fraction of sp³-hybridized carbons (Fsp3) is 0.222. The van der Waals surface area contributed by atoms with Crippen molar-refractivity contribution in [1.29, 1.82) is 0 Å². The van der Waals surface area contributed by atoms with E-state index in [4.69, 9.17) is 4.74 Å². The summed E-state index contributed by atoms with van der Waals surface area (Å²) in [6, 6.07) is 7.33. The summed E-state index contributed by atoms with van der Waals surface area (Å²) >= 11 is 0. The summed E-state index contributed by atoms with van der Waals surface area (Å²) in [5, 5.41) is 0. The van der Waals surface area contributed by atoms with Crippen LogP contribution in [0.15, 0.2) is 24.3 Å². The lowest BCUT2D eigenvalue weighted by Gasteiger charge is -2.00. The summed E-state index contributed by atoms with van der Waals surface area (Å²) in [6.45, 7) is 2.22. The van der Waals surface area contributed by atoms with Gasteiger partial charge in [-0.25, -0.2) is 4.79 Å². The molecule has 0 fully saturated rings. The van der Waals surface area contributed by atoms with Gasteiger partial charge in [0.2, 0.25) is 0 Å². The molecule has 1 aromatic carbocycles. The molecule has 2 nitrogen and oxygen atoms in total. The van der Waals surface area contributed by atoms with Crippen molar-refractivity contribution >= 4 is 19.3 Å². The fourth-order valence-corrected chi connectivity index (χ4v) is 0.904. The molecule has 1 rings (SSSR count). The first-order chi connectivity index (χ1) is 5.74. The van der Waals surface area contributed by atoms with Crippen LogP contribution in [0, 0.1) is 0 Å². The zero-order chi connectivity index (χ0) is 8.97. The van der Waals surface area contributed by atoms with E-state index in [2.05, 4.69) is 0 Å². The van der Waals surface area contributed by atoms with Crippen LogP contribution in [-0.4, -0.2) is 20.4 Å². The molecule has 0 amide bonds. The number of esters is 1. The van der Waals surface area contributed by atoms with Crippen LogP contribution in [0.2, 0.25) is 0 Å². The molecule has 0 saturated heterocycles. The van der Waals surface area contributed by atoms with E-state index in [-0.39, 0.29) is 5.97 Å². The Labute approximate surface area is 73.0 Å². The monoisotopic (exact) mass is 162 g/mol. The summed E-state index contributed by atoms with van der Waals surface area (Å²) in [5.74, 6) is -0.252. The number of ether oxygens (including phenoxy) is 1. The molecule has 0 atom stereocenters. The summed E-state index contributed by atoms with van der Waals surface area (Å²) < 4.78 is 4.83. The van der Waals surface area contributed by atoms with Gasteiger partial charge in [0.1, 0.15) is 7.85 Å². The minimum atomic E-state index is -0.252. The molecule has 3 heteroatoms. The second-order valence-corrected chi connectivity index (χ2v) is 2.59. The van der Waals surface area contributed by atoms with E-state index in [1.165, 1.54) is 0 Å². The molecular formula is C9H11BO2. The maximum absolute atomic E-state index is 11.1. The molecule has 12 heavy (non-hydrogen) atoms. The number of benzene rings is 1. The molecule has 1 aromatic rings. The maximum atomic E-state index is 11.1. The largest absolute Gasteiger partial charge is 0.462 e. The molecule has 62 valence electrons. The van der Waals surface area contributed by atoms with Crippen LogP contribution >= 0.6 is 0 Å². The second-order valence-electron chi connectivity index (χ2n) is 2.59. The Hall–Kier alpha value is -1.25. The van der Waals surface area contributed by atoms with Gasteiger partial charge in [-0.15, -0.1) is 0 Å². The van der Waals surface area contributed by atoms with E-state index in [0.717, 1.165) is 5.46 Å². The Morgan fingerprint density at radius 2 is 2.00 bits per heavy atom. The van der Waals surface area contributed by atoms with Crippen LogP contribution < -0.4 is 5.46 Å². The first-order valence-corrected chi connectivity index (χ1v) is 3.98. The minimum absolute atomic E-state index is 0.252. The van der Waals surface area contributed by atoms with Gasteiger partial charge in [-0.3, -0.25) is 0 Å². The molecule has 0 N–H and O–H groups in total. The van der Waals surface area contributed by atoms with Crippen molar-refractivity contribution in [3.63, 3.8) is 0 Å². The Balaban J connectivity index is 2.75. The summed E-state index contributed by atoms with van der Waals surface area (Å²) in [5.41, 5.74) is 1.76. The molecule has 0 saturated carbocycles. The van der Waals surface area contributed by atoms with Gasteiger partial charge in [-0.05, 0) is 19.1 Å². The molecule has 0 aromatic heterocycles.